The van der Waals surface area contributed by atoms with Gasteiger partial charge in [0.15, 0.2) is 5.82 Å². The van der Waals surface area contributed by atoms with Crippen molar-refractivity contribution in [2.24, 2.45) is 0 Å². The predicted molar refractivity (Wildman–Crippen MR) is 229 cm³/mol. The molecule has 0 amide bonds. The van der Waals surface area contributed by atoms with Crippen molar-refractivity contribution in [2.45, 2.75) is 19.3 Å². The highest BCUT2D eigenvalue weighted by Crippen LogP contribution is 2.52. The lowest BCUT2D eigenvalue weighted by Gasteiger charge is -2.21. The first-order valence-electron chi connectivity index (χ1n) is 19.1. The van der Waals surface area contributed by atoms with Crippen LogP contribution in [0.3, 0.4) is 0 Å². The topological polar surface area (TPSA) is 35.1 Å². The second-order valence-electron chi connectivity index (χ2n) is 15.7. The number of rotatable bonds is 2. The summed E-state index contributed by atoms with van der Waals surface area (Å²) in [5.74, 6) is 0.830. The zero-order valence-corrected chi connectivity index (χ0v) is 30.3. The molecule has 1 aliphatic rings. The third kappa shape index (κ3) is 3.62. The first-order chi connectivity index (χ1) is 27.1. The summed E-state index contributed by atoms with van der Waals surface area (Å²) < 4.78 is 4.92. The lowest BCUT2D eigenvalue weighted by Crippen LogP contribution is -2.14. The summed E-state index contributed by atoms with van der Waals surface area (Å²) in [6, 6.07) is 57.6. The Bertz CT molecular complexity index is 3620. The molecule has 0 spiro atoms. The molecule has 256 valence electrons. The highest BCUT2D eigenvalue weighted by molar-refractivity contribution is 6.31. The van der Waals surface area contributed by atoms with Gasteiger partial charge in [0.05, 0.1) is 38.6 Å². The minimum Gasteiger partial charge on any atom is -0.308 e. The third-order valence-electron chi connectivity index (χ3n) is 12.6. The number of nitrogens with zero attached hydrogens (tertiary/aromatic N) is 4. The zero-order valence-electron chi connectivity index (χ0n) is 30.3. The maximum atomic E-state index is 5.54. The van der Waals surface area contributed by atoms with E-state index in [2.05, 4.69) is 181 Å². The van der Waals surface area contributed by atoms with Crippen LogP contribution in [0.5, 0.6) is 0 Å². The molecule has 0 aliphatic heterocycles. The van der Waals surface area contributed by atoms with Gasteiger partial charge in [-0.15, -0.1) is 0 Å². The lowest BCUT2D eigenvalue weighted by molar-refractivity contribution is 0.661. The number of para-hydroxylation sites is 1. The van der Waals surface area contributed by atoms with Crippen LogP contribution in [-0.2, 0) is 5.41 Å². The molecule has 55 heavy (non-hydrogen) atoms. The van der Waals surface area contributed by atoms with Crippen molar-refractivity contribution in [3.05, 3.63) is 169 Å². The molecule has 0 bridgehead atoms. The Kier molecular flexibility index (Phi) is 5.42. The van der Waals surface area contributed by atoms with Gasteiger partial charge in [-0.1, -0.05) is 135 Å². The van der Waals surface area contributed by atoms with E-state index in [0.29, 0.717) is 0 Å². The van der Waals surface area contributed by atoms with Gasteiger partial charge in [0.1, 0.15) is 5.69 Å². The summed E-state index contributed by atoms with van der Waals surface area (Å²) in [6.07, 6.45) is 0. The van der Waals surface area contributed by atoms with Crippen molar-refractivity contribution in [3.63, 3.8) is 0 Å². The van der Waals surface area contributed by atoms with E-state index in [1.807, 2.05) is 0 Å². The average Bonchev–Trinajstić information content (AvgIpc) is 3.79. The predicted octanol–water partition coefficient (Wildman–Crippen LogP) is 13.0. The molecule has 13 rings (SSSR count). The Morgan fingerprint density at radius 2 is 1.16 bits per heavy atom. The van der Waals surface area contributed by atoms with Crippen LogP contribution < -0.4 is 0 Å². The molecule has 4 nitrogen and oxygen atoms in total. The molecule has 0 N–H and O–H groups in total. The minimum absolute atomic E-state index is 0.0805. The highest BCUT2D eigenvalue weighted by Gasteiger charge is 2.36. The molecule has 12 aromatic rings. The molecule has 8 aromatic carbocycles. The summed E-state index contributed by atoms with van der Waals surface area (Å²) in [7, 11) is 0. The van der Waals surface area contributed by atoms with Crippen molar-refractivity contribution in [3.8, 4) is 28.2 Å². The Hall–Kier alpha value is -7.04. The highest BCUT2D eigenvalue weighted by atomic mass is 15.1. The van der Waals surface area contributed by atoms with Gasteiger partial charge in [0, 0.05) is 43.3 Å². The van der Waals surface area contributed by atoms with Crippen molar-refractivity contribution in [1.82, 2.24) is 18.9 Å². The Labute approximate surface area is 315 Å². The number of hydrogen-bond donors (Lipinski definition) is 0. The van der Waals surface area contributed by atoms with Crippen molar-refractivity contribution < 1.29 is 0 Å². The third-order valence-corrected chi connectivity index (χ3v) is 12.6. The smallest absolute Gasteiger partial charge is 0.165 e. The summed E-state index contributed by atoms with van der Waals surface area (Å²) in [4.78, 5) is 11.0. The molecule has 0 atom stereocenters. The van der Waals surface area contributed by atoms with Gasteiger partial charge >= 0.3 is 0 Å². The van der Waals surface area contributed by atoms with Crippen LogP contribution in [0.2, 0.25) is 0 Å². The lowest BCUT2D eigenvalue weighted by atomic mass is 9.82. The quantitative estimate of drug-likeness (QED) is 0.168. The molecular weight excluding hydrogens is 669 g/mol. The number of fused-ring (bicyclic) bond motifs is 11. The van der Waals surface area contributed by atoms with Crippen LogP contribution in [0.25, 0.3) is 110 Å². The van der Waals surface area contributed by atoms with E-state index in [0.717, 1.165) is 49.9 Å². The van der Waals surface area contributed by atoms with E-state index in [9.17, 15) is 0 Å². The molecule has 0 unspecified atom stereocenters. The van der Waals surface area contributed by atoms with Crippen LogP contribution >= 0.6 is 0 Å². The first-order valence-corrected chi connectivity index (χ1v) is 19.1. The number of aromatic nitrogens is 4. The van der Waals surface area contributed by atoms with E-state index in [1.165, 1.54) is 71.1 Å². The van der Waals surface area contributed by atoms with Gasteiger partial charge in [-0.2, -0.15) is 0 Å². The number of hydrogen-bond acceptors (Lipinski definition) is 2. The van der Waals surface area contributed by atoms with E-state index in [-0.39, 0.29) is 5.41 Å². The summed E-state index contributed by atoms with van der Waals surface area (Å²) in [6.45, 7) is 4.74. The molecule has 1 aliphatic carbocycles. The summed E-state index contributed by atoms with van der Waals surface area (Å²) >= 11 is 0. The summed E-state index contributed by atoms with van der Waals surface area (Å²) in [5.41, 5.74) is 15.0. The zero-order chi connectivity index (χ0) is 36.2. The van der Waals surface area contributed by atoms with Gasteiger partial charge in [0.25, 0.3) is 0 Å². The molecule has 0 radical (unpaired) electrons. The maximum absolute atomic E-state index is 5.54. The van der Waals surface area contributed by atoms with Crippen molar-refractivity contribution in [2.75, 3.05) is 0 Å². The molecular formula is C51H32N4. The maximum Gasteiger partial charge on any atom is 0.165 e. The van der Waals surface area contributed by atoms with E-state index < -0.39 is 0 Å². The Morgan fingerprint density at radius 1 is 0.473 bits per heavy atom. The van der Waals surface area contributed by atoms with Crippen molar-refractivity contribution >= 4 is 81.7 Å². The van der Waals surface area contributed by atoms with Crippen LogP contribution in [0, 0.1) is 0 Å². The van der Waals surface area contributed by atoms with Gasteiger partial charge < -0.3 is 4.40 Å². The van der Waals surface area contributed by atoms with Gasteiger partial charge in [-0.3, -0.25) is 4.57 Å². The molecule has 0 fully saturated rings. The van der Waals surface area contributed by atoms with E-state index >= 15 is 0 Å². The van der Waals surface area contributed by atoms with Gasteiger partial charge in [-0.05, 0) is 69.4 Å². The fourth-order valence-corrected chi connectivity index (χ4v) is 10.2. The Morgan fingerprint density at radius 3 is 2.05 bits per heavy atom. The number of benzene rings is 8. The van der Waals surface area contributed by atoms with Gasteiger partial charge in [0.2, 0.25) is 0 Å². The fraction of sp³-hybridized carbons (Fsp3) is 0.0588. The molecule has 4 heterocycles. The average molecular weight is 701 g/mol. The second-order valence-corrected chi connectivity index (χ2v) is 15.7. The SMILES string of the molecule is CC1(C)c2ccccc2-c2cc3c(cc21)c1cccc2c4cccc5c4c4c(cccc4n3c21)n5-c1nc2ccc3ccccc3c2nc1-c1ccccc1. The second kappa shape index (κ2) is 10.1. The van der Waals surface area contributed by atoms with Gasteiger partial charge in [-0.25, -0.2) is 9.97 Å². The van der Waals surface area contributed by atoms with Crippen LogP contribution in [0.1, 0.15) is 25.0 Å². The van der Waals surface area contributed by atoms with E-state index in [1.54, 1.807) is 0 Å². The standard InChI is InChI=1S/C51H32N4/c1-51(2)38-21-9-8-17-32(38)36-28-44-37(27-39(36)51)35-20-10-19-34-33-18-11-22-41-45(33)46-42(54(44)49(34)35)23-12-24-43(46)55(41)50-47(30-14-4-3-5-15-30)53-48-31-16-7-6-13-29(31)25-26-40(48)52-50/h3-28H,1-2H3. The fourth-order valence-electron chi connectivity index (χ4n) is 10.2. The largest absolute Gasteiger partial charge is 0.308 e. The molecule has 4 heteroatoms. The van der Waals surface area contributed by atoms with Crippen LogP contribution in [0.15, 0.2) is 158 Å². The van der Waals surface area contributed by atoms with E-state index in [4.69, 9.17) is 9.97 Å². The first kappa shape index (κ1) is 29.4. The van der Waals surface area contributed by atoms with Crippen molar-refractivity contribution in [1.29, 1.82) is 0 Å². The normalized spacial score (nSPS) is 13.8. The monoisotopic (exact) mass is 700 g/mol. The van der Waals surface area contributed by atoms with Crippen LogP contribution in [0.4, 0.5) is 0 Å². The Balaban J connectivity index is 1.22. The van der Waals surface area contributed by atoms with Crippen LogP contribution in [-0.4, -0.2) is 18.9 Å². The molecule has 0 saturated heterocycles. The molecule has 0 saturated carbocycles. The summed E-state index contributed by atoms with van der Waals surface area (Å²) in [5, 5.41) is 9.79. The minimum atomic E-state index is -0.0805. The molecule has 4 aromatic heterocycles.